The van der Waals surface area contributed by atoms with Gasteiger partial charge in [0.05, 0.1) is 18.3 Å². The number of rotatable bonds is 5. The van der Waals surface area contributed by atoms with Crippen LogP contribution in [0.5, 0.6) is 0 Å². The van der Waals surface area contributed by atoms with E-state index in [1.54, 1.807) is 25.1 Å². The van der Waals surface area contributed by atoms with Crippen molar-refractivity contribution in [3.8, 4) is 5.82 Å². The number of esters is 1. The summed E-state index contributed by atoms with van der Waals surface area (Å²) in [5.41, 5.74) is 1.51. The second-order valence-electron chi connectivity index (χ2n) is 6.35. The Morgan fingerprint density at radius 1 is 0.967 bits per heavy atom. The van der Waals surface area contributed by atoms with E-state index in [9.17, 15) is 9.59 Å². The molecule has 0 radical (unpaired) electrons. The molecule has 0 bridgehead atoms. The molecule has 0 saturated carbocycles. The highest BCUT2D eigenvalue weighted by Crippen LogP contribution is 2.22. The molecule has 0 fully saturated rings. The molecule has 2 N–H and O–H groups in total. The van der Waals surface area contributed by atoms with E-state index in [0.717, 1.165) is 10.9 Å². The molecule has 2 amide bonds. The fourth-order valence-corrected chi connectivity index (χ4v) is 2.97. The second-order valence-corrected chi connectivity index (χ2v) is 6.35. The Kier molecular flexibility index (Phi) is 5.38. The van der Waals surface area contributed by atoms with Crippen molar-refractivity contribution < 1.29 is 14.3 Å². The lowest BCUT2D eigenvalue weighted by Crippen LogP contribution is -2.23. The van der Waals surface area contributed by atoms with Crippen LogP contribution in [-0.2, 0) is 4.74 Å². The van der Waals surface area contributed by atoms with Crippen LogP contribution in [0.4, 0.5) is 16.3 Å². The van der Waals surface area contributed by atoms with E-state index in [4.69, 9.17) is 4.74 Å². The number of ether oxygens (including phenoxy) is 1. The molecule has 8 heteroatoms. The fraction of sp³-hybridized carbons (Fsp3) is 0.0909. The molecule has 8 nitrogen and oxygen atoms in total. The number of pyridine rings is 1. The van der Waals surface area contributed by atoms with Gasteiger partial charge in [0.25, 0.3) is 0 Å². The number of nitrogens with one attached hydrogen (secondary N) is 2. The lowest BCUT2D eigenvalue weighted by molar-refractivity contribution is 0.0527. The molecule has 0 spiro atoms. The maximum Gasteiger partial charge on any atom is 0.343 e. The number of nitrogens with zero attached hydrogens (tertiary/aromatic N) is 3. The number of urea groups is 1. The van der Waals surface area contributed by atoms with Crippen molar-refractivity contribution in [2.45, 2.75) is 6.92 Å². The highest BCUT2D eigenvalue weighted by Gasteiger charge is 2.22. The topological polar surface area (TPSA) is 98.1 Å². The Morgan fingerprint density at radius 3 is 2.53 bits per heavy atom. The molecule has 30 heavy (non-hydrogen) atoms. The van der Waals surface area contributed by atoms with Crippen molar-refractivity contribution in [3.63, 3.8) is 0 Å². The summed E-state index contributed by atoms with van der Waals surface area (Å²) in [6, 6.07) is 19.8. The third-order valence-electron chi connectivity index (χ3n) is 4.33. The third kappa shape index (κ3) is 3.97. The molecule has 4 aromatic rings. The van der Waals surface area contributed by atoms with E-state index in [-0.39, 0.29) is 18.0 Å². The lowest BCUT2D eigenvalue weighted by atomic mass is 10.2. The minimum absolute atomic E-state index is 0.134. The van der Waals surface area contributed by atoms with E-state index in [1.165, 1.54) is 10.9 Å². The average molecular weight is 401 g/mol. The summed E-state index contributed by atoms with van der Waals surface area (Å²) in [6.07, 6.45) is 1.35. The van der Waals surface area contributed by atoms with Crippen molar-refractivity contribution in [1.82, 2.24) is 14.8 Å². The van der Waals surface area contributed by atoms with Crippen LogP contribution >= 0.6 is 0 Å². The average Bonchev–Trinajstić information content (AvgIpc) is 3.17. The number of carbonyl (C=O) groups excluding carboxylic acids is 2. The van der Waals surface area contributed by atoms with Gasteiger partial charge >= 0.3 is 12.0 Å². The largest absolute Gasteiger partial charge is 0.462 e. The Hall–Kier alpha value is -4.20. The molecule has 2 aromatic heterocycles. The number of benzene rings is 2. The van der Waals surface area contributed by atoms with E-state index >= 15 is 0 Å². The highest BCUT2D eigenvalue weighted by atomic mass is 16.5. The Bertz CT molecular complexity index is 1200. The zero-order chi connectivity index (χ0) is 20.9. The molecule has 4 rings (SSSR count). The molecule has 0 unspecified atom stereocenters. The van der Waals surface area contributed by atoms with Gasteiger partial charge in [-0.2, -0.15) is 9.78 Å². The number of hydrogen-bond donors (Lipinski definition) is 2. The first-order valence-electron chi connectivity index (χ1n) is 9.40. The summed E-state index contributed by atoms with van der Waals surface area (Å²) in [6.45, 7) is 1.91. The number of aromatic nitrogens is 3. The zero-order valence-corrected chi connectivity index (χ0v) is 16.2. The summed E-state index contributed by atoms with van der Waals surface area (Å²) in [5, 5.41) is 10.7. The summed E-state index contributed by atoms with van der Waals surface area (Å²) in [4.78, 5) is 29.6. The van der Waals surface area contributed by atoms with E-state index in [2.05, 4.69) is 20.7 Å². The molecule has 0 saturated heterocycles. The van der Waals surface area contributed by atoms with Crippen LogP contribution in [0.25, 0.3) is 16.7 Å². The highest BCUT2D eigenvalue weighted by molar-refractivity contribution is 6.04. The molecule has 0 aliphatic carbocycles. The van der Waals surface area contributed by atoms with Gasteiger partial charge in [0.1, 0.15) is 5.56 Å². The minimum atomic E-state index is -0.584. The number of anilines is 2. The van der Waals surface area contributed by atoms with Crippen LogP contribution in [-0.4, -0.2) is 33.4 Å². The van der Waals surface area contributed by atoms with Crippen LogP contribution in [0.3, 0.4) is 0 Å². The predicted molar refractivity (Wildman–Crippen MR) is 114 cm³/mol. The van der Waals surface area contributed by atoms with Gasteiger partial charge < -0.3 is 10.1 Å². The maximum atomic E-state index is 12.6. The van der Waals surface area contributed by atoms with Crippen LogP contribution in [0.2, 0.25) is 0 Å². The Labute approximate surface area is 172 Å². The Morgan fingerprint density at radius 2 is 1.73 bits per heavy atom. The van der Waals surface area contributed by atoms with Crippen LogP contribution < -0.4 is 10.6 Å². The molecule has 0 aliphatic heterocycles. The lowest BCUT2D eigenvalue weighted by Gasteiger charge is -2.12. The van der Waals surface area contributed by atoms with Gasteiger partial charge in [0.15, 0.2) is 11.6 Å². The van der Waals surface area contributed by atoms with Gasteiger partial charge in [0.2, 0.25) is 0 Å². The van der Waals surface area contributed by atoms with Crippen molar-refractivity contribution in [2.24, 2.45) is 0 Å². The summed E-state index contributed by atoms with van der Waals surface area (Å²) in [7, 11) is 0. The molecular formula is C22H19N5O3. The molecular weight excluding hydrogens is 382 g/mol. The van der Waals surface area contributed by atoms with Gasteiger partial charge in [-0.15, -0.1) is 0 Å². The smallest absolute Gasteiger partial charge is 0.343 e. The van der Waals surface area contributed by atoms with Crippen LogP contribution in [0.15, 0.2) is 72.9 Å². The zero-order valence-electron chi connectivity index (χ0n) is 16.2. The molecule has 150 valence electrons. The van der Waals surface area contributed by atoms with Crippen molar-refractivity contribution in [2.75, 3.05) is 17.2 Å². The van der Waals surface area contributed by atoms with Crippen LogP contribution in [0.1, 0.15) is 17.3 Å². The van der Waals surface area contributed by atoms with Gasteiger partial charge in [-0.05, 0) is 37.3 Å². The first-order chi connectivity index (χ1) is 14.7. The quantitative estimate of drug-likeness (QED) is 0.488. The van der Waals surface area contributed by atoms with E-state index in [0.29, 0.717) is 11.5 Å². The third-order valence-corrected chi connectivity index (χ3v) is 4.33. The van der Waals surface area contributed by atoms with Crippen molar-refractivity contribution >= 4 is 34.4 Å². The number of fused-ring (bicyclic) bond motifs is 1. The van der Waals surface area contributed by atoms with Crippen LogP contribution in [0, 0.1) is 0 Å². The summed E-state index contributed by atoms with van der Waals surface area (Å²) in [5.74, 6) is 0.0449. The first-order valence-corrected chi connectivity index (χ1v) is 9.40. The van der Waals surface area contributed by atoms with E-state index < -0.39 is 12.0 Å². The molecule has 2 aromatic carbocycles. The normalized spacial score (nSPS) is 10.6. The van der Waals surface area contributed by atoms with Gasteiger partial charge in [-0.25, -0.2) is 14.6 Å². The predicted octanol–water partition coefficient (Wildman–Crippen LogP) is 4.24. The number of para-hydroxylation sites is 2. The maximum absolute atomic E-state index is 12.6. The van der Waals surface area contributed by atoms with E-state index in [1.807, 2.05) is 48.5 Å². The monoisotopic (exact) mass is 401 g/mol. The standard InChI is InChI=1S/C22H19N5O3/c1-2-30-21(28)17-14-23-27(19-13-12-15-8-6-7-11-18(15)25-19)20(17)26-22(29)24-16-9-4-3-5-10-16/h3-14H,2H2,1H3,(H2,24,26,29). The fourth-order valence-electron chi connectivity index (χ4n) is 2.97. The van der Waals surface area contributed by atoms with Gasteiger partial charge in [-0.1, -0.05) is 36.4 Å². The van der Waals surface area contributed by atoms with Gasteiger partial charge in [-0.3, -0.25) is 5.32 Å². The number of amides is 2. The molecule has 2 heterocycles. The van der Waals surface area contributed by atoms with Crippen molar-refractivity contribution in [3.05, 3.63) is 78.5 Å². The SMILES string of the molecule is CCOC(=O)c1cnn(-c2ccc3ccccc3n2)c1NC(=O)Nc1ccccc1. The molecule has 0 atom stereocenters. The summed E-state index contributed by atoms with van der Waals surface area (Å²) < 4.78 is 6.51. The molecule has 0 aliphatic rings. The van der Waals surface area contributed by atoms with Crippen molar-refractivity contribution in [1.29, 1.82) is 0 Å². The first kappa shape index (κ1) is 19.1. The Balaban J connectivity index is 1.71. The van der Waals surface area contributed by atoms with Gasteiger partial charge in [0, 0.05) is 11.1 Å². The number of hydrogen-bond acceptors (Lipinski definition) is 5. The minimum Gasteiger partial charge on any atom is -0.462 e. The number of carbonyl (C=O) groups is 2. The summed E-state index contributed by atoms with van der Waals surface area (Å²) >= 11 is 0. The second kappa shape index (κ2) is 8.44.